The summed E-state index contributed by atoms with van der Waals surface area (Å²) in [7, 11) is 0. The van der Waals surface area contributed by atoms with Gasteiger partial charge in [-0.2, -0.15) is 0 Å². The van der Waals surface area contributed by atoms with Crippen LogP contribution in [0, 0.1) is 13.8 Å². The zero-order chi connectivity index (χ0) is 23.2. The number of ether oxygens (including phenoxy) is 1. The summed E-state index contributed by atoms with van der Waals surface area (Å²) in [5.74, 6) is 0.186. The highest BCUT2D eigenvalue weighted by atomic mass is 16.5. The minimum absolute atomic E-state index is 0.0615. The van der Waals surface area contributed by atoms with Crippen LogP contribution in [0.15, 0.2) is 48.5 Å². The van der Waals surface area contributed by atoms with Crippen LogP contribution >= 0.6 is 0 Å². The molecule has 0 unspecified atom stereocenters. The highest BCUT2D eigenvalue weighted by Gasteiger charge is 2.34. The number of piperidine rings is 1. The van der Waals surface area contributed by atoms with Crippen LogP contribution in [0.3, 0.4) is 0 Å². The van der Waals surface area contributed by atoms with E-state index in [4.69, 9.17) is 4.74 Å². The number of amides is 3. The molecule has 0 radical (unpaired) electrons. The lowest BCUT2D eigenvalue weighted by molar-refractivity contribution is -0.139. The van der Waals surface area contributed by atoms with E-state index in [2.05, 4.69) is 16.3 Å². The SMILES string of the molecule is Cc1ccc(NC(=O)N2CCC(N(C(=O)Cc3ccccc3)C3CCOCC3)CC2)c(C)c1. The Labute approximate surface area is 196 Å². The van der Waals surface area contributed by atoms with E-state index < -0.39 is 0 Å². The summed E-state index contributed by atoms with van der Waals surface area (Å²) >= 11 is 0. The van der Waals surface area contributed by atoms with E-state index in [1.807, 2.05) is 61.2 Å². The van der Waals surface area contributed by atoms with Gasteiger partial charge in [0.05, 0.1) is 6.42 Å². The minimum atomic E-state index is -0.0615. The minimum Gasteiger partial charge on any atom is -0.381 e. The second kappa shape index (κ2) is 10.8. The Bertz CT molecular complexity index is 948. The number of benzene rings is 2. The lowest BCUT2D eigenvalue weighted by Crippen LogP contribution is -2.54. The number of carbonyl (C=O) groups excluding carboxylic acids is 2. The summed E-state index contributed by atoms with van der Waals surface area (Å²) < 4.78 is 5.56. The molecule has 2 aliphatic heterocycles. The molecule has 3 amide bonds. The van der Waals surface area contributed by atoms with E-state index in [0.717, 1.165) is 42.5 Å². The molecular weight excluding hydrogens is 414 g/mol. The predicted octanol–water partition coefficient (Wildman–Crippen LogP) is 4.55. The van der Waals surface area contributed by atoms with Crippen molar-refractivity contribution < 1.29 is 14.3 Å². The van der Waals surface area contributed by atoms with Crippen molar-refractivity contribution in [3.05, 3.63) is 65.2 Å². The van der Waals surface area contributed by atoms with E-state index in [0.29, 0.717) is 32.7 Å². The van der Waals surface area contributed by atoms with E-state index >= 15 is 0 Å². The van der Waals surface area contributed by atoms with Gasteiger partial charge in [-0.15, -0.1) is 0 Å². The van der Waals surface area contributed by atoms with Gasteiger partial charge in [0.1, 0.15) is 0 Å². The van der Waals surface area contributed by atoms with Crippen LogP contribution in [0.2, 0.25) is 0 Å². The van der Waals surface area contributed by atoms with Crippen LogP contribution in [-0.2, 0) is 16.0 Å². The largest absolute Gasteiger partial charge is 0.381 e. The standard InChI is InChI=1S/C27H35N3O3/c1-20-8-9-25(21(2)18-20)28-27(32)29-14-10-23(11-15-29)30(24-12-16-33-17-13-24)26(31)19-22-6-4-3-5-7-22/h3-9,18,23-24H,10-17,19H2,1-2H3,(H,28,32). The monoisotopic (exact) mass is 449 g/mol. The van der Waals surface area contributed by atoms with Gasteiger partial charge in [0.2, 0.25) is 5.91 Å². The van der Waals surface area contributed by atoms with Crippen molar-refractivity contribution in [1.29, 1.82) is 0 Å². The Hall–Kier alpha value is -2.86. The molecule has 2 aliphatic rings. The first-order chi connectivity index (χ1) is 16.0. The van der Waals surface area contributed by atoms with Crippen LogP contribution < -0.4 is 5.32 Å². The molecule has 2 saturated heterocycles. The molecular formula is C27H35N3O3. The number of nitrogens with one attached hydrogen (secondary N) is 1. The van der Waals surface area contributed by atoms with Crippen LogP contribution in [0.4, 0.5) is 10.5 Å². The highest BCUT2D eigenvalue weighted by molar-refractivity contribution is 5.90. The molecule has 6 nitrogen and oxygen atoms in total. The Morgan fingerprint density at radius 2 is 1.64 bits per heavy atom. The molecule has 2 heterocycles. The number of rotatable bonds is 5. The number of hydrogen-bond acceptors (Lipinski definition) is 3. The fourth-order valence-corrected chi connectivity index (χ4v) is 5.03. The second-order valence-corrected chi connectivity index (χ2v) is 9.27. The van der Waals surface area contributed by atoms with E-state index in [1.54, 1.807) is 0 Å². The summed E-state index contributed by atoms with van der Waals surface area (Å²) in [6, 6.07) is 16.3. The average molecular weight is 450 g/mol. The summed E-state index contributed by atoms with van der Waals surface area (Å²) in [6.45, 7) is 6.78. The lowest BCUT2D eigenvalue weighted by Gasteiger charge is -2.43. The third-order valence-corrected chi connectivity index (χ3v) is 6.84. The average Bonchev–Trinajstić information content (AvgIpc) is 2.83. The molecule has 4 rings (SSSR count). The van der Waals surface area contributed by atoms with Gasteiger partial charge in [0.15, 0.2) is 0 Å². The Kier molecular flexibility index (Phi) is 7.65. The van der Waals surface area contributed by atoms with Gasteiger partial charge in [0.25, 0.3) is 0 Å². The first-order valence-corrected chi connectivity index (χ1v) is 12.1. The predicted molar refractivity (Wildman–Crippen MR) is 130 cm³/mol. The molecule has 0 saturated carbocycles. The van der Waals surface area contributed by atoms with Crippen molar-refractivity contribution in [2.45, 2.75) is 58.0 Å². The molecule has 176 valence electrons. The van der Waals surface area contributed by atoms with Gasteiger partial charge in [-0.25, -0.2) is 4.79 Å². The van der Waals surface area contributed by atoms with E-state index in [9.17, 15) is 9.59 Å². The molecule has 0 bridgehead atoms. The van der Waals surface area contributed by atoms with Crippen molar-refractivity contribution in [2.24, 2.45) is 0 Å². The summed E-state index contributed by atoms with van der Waals surface area (Å²) in [4.78, 5) is 30.3. The normalized spacial score (nSPS) is 17.6. The van der Waals surface area contributed by atoms with Crippen molar-refractivity contribution in [3.63, 3.8) is 0 Å². The number of urea groups is 1. The number of likely N-dealkylation sites (tertiary alicyclic amines) is 1. The highest BCUT2D eigenvalue weighted by Crippen LogP contribution is 2.26. The number of hydrogen-bond donors (Lipinski definition) is 1. The van der Waals surface area contributed by atoms with E-state index in [-0.39, 0.29) is 24.0 Å². The van der Waals surface area contributed by atoms with Crippen LogP contribution in [-0.4, -0.2) is 60.1 Å². The zero-order valence-corrected chi connectivity index (χ0v) is 19.8. The number of anilines is 1. The first kappa shape index (κ1) is 23.3. The molecule has 2 fully saturated rings. The third kappa shape index (κ3) is 5.93. The van der Waals surface area contributed by atoms with Gasteiger partial charge in [0, 0.05) is 44.1 Å². The maximum Gasteiger partial charge on any atom is 0.321 e. The van der Waals surface area contributed by atoms with Gasteiger partial charge in [-0.1, -0.05) is 48.0 Å². The van der Waals surface area contributed by atoms with Crippen LogP contribution in [0.1, 0.15) is 42.4 Å². The molecule has 0 spiro atoms. The molecule has 2 aromatic rings. The van der Waals surface area contributed by atoms with Gasteiger partial charge in [-0.05, 0) is 56.7 Å². The van der Waals surface area contributed by atoms with Gasteiger partial charge >= 0.3 is 6.03 Å². The van der Waals surface area contributed by atoms with E-state index in [1.165, 1.54) is 5.56 Å². The topological polar surface area (TPSA) is 61.9 Å². The molecule has 2 aromatic carbocycles. The Morgan fingerprint density at radius 1 is 0.970 bits per heavy atom. The van der Waals surface area contributed by atoms with Crippen LogP contribution in [0.5, 0.6) is 0 Å². The summed E-state index contributed by atoms with van der Waals surface area (Å²) in [6.07, 6.45) is 3.80. The quantitative estimate of drug-likeness (QED) is 0.728. The fraction of sp³-hybridized carbons (Fsp3) is 0.481. The number of nitrogens with zero attached hydrogens (tertiary/aromatic N) is 2. The maximum absolute atomic E-state index is 13.4. The van der Waals surface area contributed by atoms with Crippen LogP contribution in [0.25, 0.3) is 0 Å². The zero-order valence-electron chi connectivity index (χ0n) is 19.8. The van der Waals surface area contributed by atoms with Crippen molar-refractivity contribution in [2.75, 3.05) is 31.6 Å². The molecule has 0 aliphatic carbocycles. The Morgan fingerprint density at radius 3 is 2.30 bits per heavy atom. The maximum atomic E-state index is 13.4. The number of carbonyl (C=O) groups is 2. The second-order valence-electron chi connectivity index (χ2n) is 9.27. The Balaban J connectivity index is 1.39. The molecule has 6 heteroatoms. The molecule has 33 heavy (non-hydrogen) atoms. The summed E-state index contributed by atoms with van der Waals surface area (Å²) in [5, 5.41) is 3.06. The van der Waals surface area contributed by atoms with Crippen molar-refractivity contribution in [1.82, 2.24) is 9.80 Å². The van der Waals surface area contributed by atoms with Crippen molar-refractivity contribution >= 4 is 17.6 Å². The lowest BCUT2D eigenvalue weighted by atomic mass is 9.96. The molecule has 0 aromatic heterocycles. The van der Waals surface area contributed by atoms with Gasteiger partial charge in [-0.3, -0.25) is 4.79 Å². The fourth-order valence-electron chi connectivity index (χ4n) is 5.03. The number of aryl methyl sites for hydroxylation is 2. The van der Waals surface area contributed by atoms with Gasteiger partial charge < -0.3 is 19.9 Å². The third-order valence-electron chi connectivity index (χ3n) is 6.84. The van der Waals surface area contributed by atoms with Crippen molar-refractivity contribution in [3.8, 4) is 0 Å². The molecule has 1 N–H and O–H groups in total. The summed E-state index contributed by atoms with van der Waals surface area (Å²) in [5.41, 5.74) is 4.15. The molecule has 0 atom stereocenters. The first-order valence-electron chi connectivity index (χ1n) is 12.1. The smallest absolute Gasteiger partial charge is 0.321 e.